The molecule has 7 nitrogen and oxygen atoms in total. The Hall–Kier alpha value is -2.33. The number of rotatable bonds is 6. The van der Waals surface area contributed by atoms with E-state index in [2.05, 4.69) is 0 Å². The maximum Gasteiger partial charge on any atom is 0.471 e. The SMILES string of the molecule is COCC1(CN(C(=O)C(F)(F)F)[C@@H]2C[C@H]2c2ccccc2)CCN(C(=O)N2CCOCC2)CC1. The highest BCUT2D eigenvalue weighted by Gasteiger charge is 2.54. The van der Waals surface area contributed by atoms with E-state index in [0.29, 0.717) is 58.7 Å². The summed E-state index contributed by atoms with van der Waals surface area (Å²) in [6.45, 7) is 3.12. The Morgan fingerprint density at radius 2 is 1.71 bits per heavy atom. The van der Waals surface area contributed by atoms with Crippen molar-refractivity contribution < 1.29 is 32.2 Å². The number of nitrogens with zero attached hydrogens (tertiary/aromatic N) is 3. The summed E-state index contributed by atoms with van der Waals surface area (Å²) >= 11 is 0. The molecule has 0 N–H and O–H groups in total. The second-order valence-corrected chi connectivity index (χ2v) is 9.55. The van der Waals surface area contributed by atoms with E-state index in [1.807, 2.05) is 30.3 Å². The van der Waals surface area contributed by atoms with Crippen LogP contribution in [-0.2, 0) is 14.3 Å². The van der Waals surface area contributed by atoms with E-state index >= 15 is 0 Å². The van der Waals surface area contributed by atoms with Crippen molar-refractivity contribution in [1.82, 2.24) is 14.7 Å². The molecule has 1 aromatic rings. The van der Waals surface area contributed by atoms with Gasteiger partial charge in [0.15, 0.2) is 0 Å². The zero-order chi connectivity index (χ0) is 24.3. The third-order valence-corrected chi connectivity index (χ3v) is 7.22. The molecule has 0 aromatic heterocycles. The lowest BCUT2D eigenvalue weighted by atomic mass is 9.78. The van der Waals surface area contributed by atoms with Crippen molar-refractivity contribution in [3.63, 3.8) is 0 Å². The molecule has 34 heavy (non-hydrogen) atoms. The van der Waals surface area contributed by atoms with E-state index in [1.165, 1.54) is 7.11 Å². The van der Waals surface area contributed by atoms with Crippen LogP contribution >= 0.6 is 0 Å². The lowest BCUT2D eigenvalue weighted by Gasteiger charge is -2.45. The number of methoxy groups -OCH3 is 1. The molecule has 3 aliphatic rings. The molecule has 3 fully saturated rings. The fraction of sp³-hybridized carbons (Fsp3) is 0.667. The molecule has 3 amide bonds. The van der Waals surface area contributed by atoms with Gasteiger partial charge in [-0.05, 0) is 24.8 Å². The van der Waals surface area contributed by atoms with Crippen LogP contribution in [0.3, 0.4) is 0 Å². The number of piperidine rings is 1. The summed E-state index contributed by atoms with van der Waals surface area (Å²) in [6.07, 6.45) is -3.48. The monoisotopic (exact) mass is 483 g/mol. The van der Waals surface area contributed by atoms with Crippen LogP contribution in [0.25, 0.3) is 0 Å². The minimum Gasteiger partial charge on any atom is -0.384 e. The number of carbonyl (C=O) groups is 2. The van der Waals surface area contributed by atoms with Gasteiger partial charge in [0.25, 0.3) is 0 Å². The molecule has 10 heteroatoms. The Labute approximate surface area is 197 Å². The summed E-state index contributed by atoms with van der Waals surface area (Å²) in [5.74, 6) is -1.90. The first-order valence-electron chi connectivity index (χ1n) is 11.8. The largest absolute Gasteiger partial charge is 0.471 e. The number of morpholine rings is 1. The maximum absolute atomic E-state index is 13.6. The molecule has 0 spiro atoms. The summed E-state index contributed by atoms with van der Waals surface area (Å²) in [6, 6.07) is 8.80. The fourth-order valence-electron chi connectivity index (χ4n) is 5.23. The highest BCUT2D eigenvalue weighted by Crippen LogP contribution is 2.47. The Morgan fingerprint density at radius 1 is 1.09 bits per heavy atom. The molecule has 188 valence electrons. The summed E-state index contributed by atoms with van der Waals surface area (Å²) in [5.41, 5.74) is 0.306. The summed E-state index contributed by atoms with van der Waals surface area (Å²) < 4.78 is 51.4. The molecule has 1 aromatic carbocycles. The van der Waals surface area contributed by atoms with Gasteiger partial charge in [-0.1, -0.05) is 30.3 Å². The third-order valence-electron chi connectivity index (χ3n) is 7.22. The van der Waals surface area contributed by atoms with Gasteiger partial charge in [0.05, 0.1) is 19.8 Å². The third kappa shape index (κ3) is 5.49. The van der Waals surface area contributed by atoms with Crippen LogP contribution in [0.4, 0.5) is 18.0 Å². The van der Waals surface area contributed by atoms with Crippen LogP contribution in [0.15, 0.2) is 30.3 Å². The highest BCUT2D eigenvalue weighted by molar-refractivity contribution is 5.82. The predicted molar refractivity (Wildman–Crippen MR) is 118 cm³/mol. The minimum atomic E-state index is -4.94. The molecule has 4 rings (SSSR count). The first kappa shape index (κ1) is 24.8. The number of urea groups is 1. The molecule has 0 unspecified atom stereocenters. The van der Waals surface area contributed by atoms with Crippen LogP contribution < -0.4 is 0 Å². The number of halogens is 3. The van der Waals surface area contributed by atoms with Crippen LogP contribution in [-0.4, -0.2) is 98.5 Å². The van der Waals surface area contributed by atoms with Gasteiger partial charge in [0, 0.05) is 57.2 Å². The number of hydrogen-bond acceptors (Lipinski definition) is 4. The first-order chi connectivity index (χ1) is 16.2. The van der Waals surface area contributed by atoms with Crippen LogP contribution in [0.5, 0.6) is 0 Å². The van der Waals surface area contributed by atoms with Gasteiger partial charge in [0.1, 0.15) is 0 Å². The molecule has 2 heterocycles. The molecular formula is C24H32F3N3O4. The van der Waals surface area contributed by atoms with Crippen LogP contribution in [0, 0.1) is 5.41 Å². The fourth-order valence-corrected chi connectivity index (χ4v) is 5.23. The Morgan fingerprint density at radius 3 is 2.29 bits per heavy atom. The highest BCUT2D eigenvalue weighted by atomic mass is 19.4. The normalized spacial score (nSPS) is 24.6. The lowest BCUT2D eigenvalue weighted by molar-refractivity contribution is -0.188. The number of benzene rings is 1. The molecule has 1 aliphatic carbocycles. The van der Waals surface area contributed by atoms with Crippen LogP contribution in [0.2, 0.25) is 0 Å². The van der Waals surface area contributed by atoms with Gasteiger partial charge in [-0.2, -0.15) is 13.2 Å². The molecule has 0 bridgehead atoms. The molecule has 1 saturated carbocycles. The van der Waals surface area contributed by atoms with Gasteiger partial charge >= 0.3 is 18.1 Å². The Balaban J connectivity index is 1.47. The smallest absolute Gasteiger partial charge is 0.384 e. The van der Waals surface area contributed by atoms with Gasteiger partial charge < -0.3 is 24.2 Å². The first-order valence-corrected chi connectivity index (χ1v) is 11.8. The van der Waals surface area contributed by atoms with Crippen molar-refractivity contribution >= 4 is 11.9 Å². The quantitative estimate of drug-likeness (QED) is 0.624. The van der Waals surface area contributed by atoms with Crippen molar-refractivity contribution in [2.75, 3.05) is 59.7 Å². The Bertz CT molecular complexity index is 853. The van der Waals surface area contributed by atoms with Crippen molar-refractivity contribution in [1.29, 1.82) is 0 Å². The van der Waals surface area contributed by atoms with Gasteiger partial charge in [-0.25, -0.2) is 4.79 Å². The summed E-state index contributed by atoms with van der Waals surface area (Å²) in [5, 5.41) is 0. The number of ether oxygens (including phenoxy) is 2. The average molecular weight is 484 g/mol. The Kier molecular flexibility index (Phi) is 7.37. The minimum absolute atomic E-state index is 0.0350. The molecular weight excluding hydrogens is 451 g/mol. The van der Waals surface area contributed by atoms with E-state index in [0.717, 1.165) is 10.5 Å². The maximum atomic E-state index is 13.6. The van der Waals surface area contributed by atoms with Gasteiger partial charge in [0.2, 0.25) is 0 Å². The van der Waals surface area contributed by atoms with Crippen molar-refractivity contribution in [3.05, 3.63) is 35.9 Å². The van der Waals surface area contributed by atoms with E-state index in [-0.39, 0.29) is 25.1 Å². The molecule has 0 radical (unpaired) electrons. The molecule has 2 atom stereocenters. The number of hydrogen-bond donors (Lipinski definition) is 0. The average Bonchev–Trinajstić information content (AvgIpc) is 3.64. The lowest BCUT2D eigenvalue weighted by Crippen LogP contribution is -2.56. The zero-order valence-corrected chi connectivity index (χ0v) is 19.4. The number of amides is 3. The molecule has 2 aliphatic heterocycles. The number of likely N-dealkylation sites (tertiary alicyclic amines) is 1. The predicted octanol–water partition coefficient (Wildman–Crippen LogP) is 3.11. The van der Waals surface area contributed by atoms with Crippen molar-refractivity contribution in [2.24, 2.45) is 5.41 Å². The summed E-state index contributed by atoms with van der Waals surface area (Å²) in [7, 11) is 1.52. The zero-order valence-electron chi connectivity index (χ0n) is 19.4. The van der Waals surface area contributed by atoms with Crippen molar-refractivity contribution in [3.8, 4) is 0 Å². The summed E-state index contributed by atoms with van der Waals surface area (Å²) in [4.78, 5) is 29.9. The van der Waals surface area contributed by atoms with E-state index in [9.17, 15) is 22.8 Å². The van der Waals surface area contributed by atoms with E-state index < -0.39 is 23.5 Å². The second-order valence-electron chi connectivity index (χ2n) is 9.55. The van der Waals surface area contributed by atoms with Crippen molar-refractivity contribution in [2.45, 2.75) is 37.4 Å². The standard InChI is InChI=1S/C24H32F3N3O4/c1-33-17-23(7-9-28(10-8-23)22(32)29-11-13-34-14-12-29)16-30(21(31)24(25,26)27)20-15-19(20)18-5-3-2-4-6-18/h2-6,19-20H,7-17H2,1H3/t19-,20+/m0/s1. The van der Waals surface area contributed by atoms with E-state index in [4.69, 9.17) is 9.47 Å². The van der Waals surface area contributed by atoms with E-state index in [1.54, 1.807) is 9.80 Å². The second kappa shape index (κ2) is 10.1. The molecule has 2 saturated heterocycles. The number of alkyl halides is 3. The number of carbonyl (C=O) groups excluding carboxylic acids is 2. The topological polar surface area (TPSA) is 62.3 Å². The van der Waals surface area contributed by atoms with Crippen LogP contribution in [0.1, 0.15) is 30.7 Å². The van der Waals surface area contributed by atoms with Gasteiger partial charge in [-0.3, -0.25) is 4.79 Å². The van der Waals surface area contributed by atoms with Gasteiger partial charge in [-0.15, -0.1) is 0 Å².